The molecule has 144 heavy (non-hydrogen) atoms. The molecule has 0 radical (unpaired) electrons. The van der Waals surface area contributed by atoms with Crippen molar-refractivity contribution < 1.29 is 130 Å². The van der Waals surface area contributed by atoms with Crippen molar-refractivity contribution in [3.63, 3.8) is 0 Å². The van der Waals surface area contributed by atoms with Crippen LogP contribution in [-0.2, 0) is 58.3 Å². The molecule has 0 aliphatic heterocycles. The van der Waals surface area contributed by atoms with Crippen LogP contribution in [0.25, 0.3) is 0 Å². The summed E-state index contributed by atoms with van der Waals surface area (Å²) in [6.45, 7) is 2.93. The van der Waals surface area contributed by atoms with Gasteiger partial charge in [0.2, 0.25) is 5.91 Å². The third-order valence-electron chi connectivity index (χ3n) is 30.8. The van der Waals surface area contributed by atoms with Crippen molar-refractivity contribution in [1.29, 1.82) is 0 Å². The number of aromatic nitrogens is 1. The van der Waals surface area contributed by atoms with E-state index in [2.05, 4.69) is 4.98 Å². The van der Waals surface area contributed by atoms with Crippen LogP contribution < -0.4 is 17.2 Å². The molecule has 0 unspecified atom stereocenters. The van der Waals surface area contributed by atoms with Crippen LogP contribution in [-0.4, -0.2) is 185 Å². The van der Waals surface area contributed by atoms with Crippen molar-refractivity contribution >= 4 is 41.7 Å². The van der Waals surface area contributed by atoms with Gasteiger partial charge in [-0.15, -0.1) is 0 Å². The number of nitrogens with zero attached hydrogens (tertiary/aromatic N) is 5. The fourth-order valence-corrected chi connectivity index (χ4v) is 21.1. The molecule has 0 saturated heterocycles. The Morgan fingerprint density at radius 3 is 0.903 bits per heavy atom. The third-order valence-corrected chi connectivity index (χ3v) is 30.8. The smallest absolute Gasteiger partial charge is 0.421 e. The summed E-state index contributed by atoms with van der Waals surface area (Å²) in [6.07, 6.45) is -0.313. The van der Waals surface area contributed by atoms with E-state index >= 15 is 0 Å². The van der Waals surface area contributed by atoms with Crippen molar-refractivity contribution in [2.45, 2.75) is 318 Å². The van der Waals surface area contributed by atoms with E-state index in [9.17, 15) is 121 Å². The number of rotatable bonds is 29. The zero-order valence-electron chi connectivity index (χ0n) is 80.6. The van der Waals surface area contributed by atoms with Crippen LogP contribution in [0.1, 0.15) is 287 Å². The maximum Gasteiger partial charge on any atom is 0.421 e. The van der Waals surface area contributed by atoms with Gasteiger partial charge in [0, 0.05) is 112 Å². The van der Waals surface area contributed by atoms with Gasteiger partial charge in [-0.25, -0.2) is 18.4 Å². The minimum atomic E-state index is -4.86. The third kappa shape index (κ3) is 25.0. The normalized spacial score (nSPS) is 24.1. The molecule has 0 bridgehead atoms. The molecule has 4 atom stereocenters. The molecule has 16 rings (SSSR count). The van der Waals surface area contributed by atoms with Crippen LogP contribution in [0.3, 0.4) is 0 Å². The van der Waals surface area contributed by atoms with E-state index in [-0.39, 0.29) is 148 Å². The summed E-state index contributed by atoms with van der Waals surface area (Å²) in [5.74, 6) is -2.07. The summed E-state index contributed by atoms with van der Waals surface area (Å²) in [7, 11) is 0. The Kier molecular flexibility index (Phi) is 33.5. The van der Waals surface area contributed by atoms with Crippen LogP contribution in [0.5, 0.6) is 0 Å². The number of hydrogen-bond donors (Lipinski definition) is 8. The highest BCUT2D eigenvalue weighted by Gasteiger charge is 2.57. The van der Waals surface area contributed by atoms with E-state index in [1.807, 2.05) is 63.2 Å². The van der Waals surface area contributed by atoms with Gasteiger partial charge in [0.1, 0.15) is 24.8 Å². The quantitative estimate of drug-likeness (QED) is 0.0202. The molecule has 36 heteroatoms. The number of hydrogen-bond acceptors (Lipinski definition) is 15. The summed E-state index contributed by atoms with van der Waals surface area (Å²) in [6, 6.07) is 48.4. The molecule has 778 valence electrons. The van der Waals surface area contributed by atoms with E-state index in [0.717, 1.165) is 130 Å². The lowest BCUT2D eigenvalue weighted by molar-refractivity contribution is -0.259. The number of carbonyl (C=O) groups is 7. The highest BCUT2D eigenvalue weighted by atomic mass is 19.4. The van der Waals surface area contributed by atoms with Gasteiger partial charge in [0.25, 0.3) is 23.6 Å². The Bertz CT molecular complexity index is 5710. The second kappa shape index (κ2) is 44.0. The fraction of sp³-hybridized carbons (Fsp3) is 0.500. The largest absolute Gasteiger partial charge is 0.449 e. The molecule has 8 aliphatic rings. The SMILES string of the molecule is C[C@](O)(c1ccc(C(=O)N(C2CC2)C2CCC(CCC(N)=O)(c3ccc(F)cc3)CC2)cc1)C(F)(F)F.C[C@](O)(c1ccc(C(=O)N(C2CC2)C2CCC(CCO)(c3ccccn3)CC2)cc1)C(F)(F)F.C[C@](O)(c1ccc(C(=O)N(C2CC2)C2CCC(COC(N)=O)(c3ccccc3)CC2)cc1)C(F)(F)F.C[C@](O)(c1ccc(C(=O)N(C2CC2)C2CCC(COC(N)=O)(c3ccccc3F)CC2)cc1)C(F)(F)F. The van der Waals surface area contributed by atoms with Gasteiger partial charge in [0.15, 0.2) is 22.4 Å². The number of nitrogens with two attached hydrogens (primary N) is 3. The van der Waals surface area contributed by atoms with Crippen LogP contribution in [0.4, 0.5) is 71.1 Å². The number of aliphatic hydroxyl groups is 5. The number of halogens is 14. The van der Waals surface area contributed by atoms with Crippen LogP contribution in [0.2, 0.25) is 0 Å². The van der Waals surface area contributed by atoms with Crippen molar-refractivity contribution in [2.24, 2.45) is 17.2 Å². The zero-order chi connectivity index (χ0) is 105. The van der Waals surface area contributed by atoms with Crippen LogP contribution in [0.15, 0.2) is 200 Å². The van der Waals surface area contributed by atoms with Crippen molar-refractivity contribution in [3.05, 3.63) is 279 Å². The van der Waals surface area contributed by atoms with E-state index in [1.54, 1.807) is 41.4 Å². The van der Waals surface area contributed by atoms with Gasteiger partial charge < -0.3 is 71.8 Å². The Morgan fingerprint density at radius 1 is 0.340 bits per heavy atom. The Morgan fingerprint density at radius 2 is 0.618 bits per heavy atom. The molecule has 1 heterocycles. The first-order chi connectivity index (χ1) is 67.7. The first-order valence-electron chi connectivity index (χ1n) is 48.8. The lowest BCUT2D eigenvalue weighted by Gasteiger charge is -2.44. The average Bonchev–Trinajstić information content (AvgIpc) is 1.55. The number of amides is 7. The van der Waals surface area contributed by atoms with Crippen molar-refractivity contribution in [2.75, 3.05) is 19.8 Å². The summed E-state index contributed by atoms with van der Waals surface area (Å²) in [5, 5.41) is 49.4. The van der Waals surface area contributed by atoms with Crippen molar-refractivity contribution in [1.82, 2.24) is 24.6 Å². The molecular weight excluding hydrogens is 1900 g/mol. The van der Waals surface area contributed by atoms with Crippen molar-refractivity contribution in [3.8, 4) is 0 Å². The molecule has 8 fully saturated rings. The van der Waals surface area contributed by atoms with Gasteiger partial charge >= 0.3 is 36.9 Å². The summed E-state index contributed by atoms with van der Waals surface area (Å²) >= 11 is 0. The molecule has 8 aromatic rings. The van der Waals surface area contributed by atoms with E-state index < -0.39 is 81.9 Å². The standard InChI is InChI=1S/C28H32F4N2O3.C27H30F4N2O4.C27H31F3N2O4.C26H31F3N2O3/c1-26(37,28(30,31)32)19-4-2-18(3-5-19)25(36)34(22-10-11-22)23-12-15-27(16-13-23,17-14-24(33)35)20-6-8-21(29)9-7-20;1-25(36,27(29,30)31)18-8-6-17(7-9-18)23(34)33(19-10-11-19)20-12-14-26(15-13-20,16-37-24(32)35)21-4-2-3-5-22(21)28;1-25(35,27(28,29)30)19-9-7-18(8-10-19)23(33)32(21-11-12-21)22-13-15-26(16-14-22,17-36-24(31)34)20-5-3-2-4-6-20;1-24(34,26(27,28)29)19-7-5-18(6-8-19)23(33)31(20-9-10-20)21-11-13-25(14-12-21,15-17-32)22-4-2-3-16-30-22/h2-9,22-23,37H,10-17H2,1H3,(H2,33,35);2-9,19-20,36H,10-16H2,1H3,(H2,32,35);2-10,21-22,35H,11-17H2,1H3,(H2,31,34);2-8,16,20-21,32,34H,9-15,17H2,1H3/t23?,26-,27?;20?,25-,26?;22?,25-,26?;21?,24-,25?/m0000/s1. The number of benzene rings is 7. The number of pyridine rings is 1. The highest BCUT2D eigenvalue weighted by molar-refractivity contribution is 5.97. The maximum absolute atomic E-state index is 14.8. The molecule has 7 amide bonds. The van der Waals surface area contributed by atoms with Gasteiger partial charge in [-0.2, -0.15) is 52.7 Å². The summed E-state index contributed by atoms with van der Waals surface area (Å²) in [4.78, 5) is 100. The molecule has 8 saturated carbocycles. The first-order valence-corrected chi connectivity index (χ1v) is 48.8. The van der Waals surface area contributed by atoms with Crippen LogP contribution in [0, 0.1) is 11.6 Å². The van der Waals surface area contributed by atoms with Gasteiger partial charge in [-0.05, 0) is 318 Å². The van der Waals surface area contributed by atoms with Gasteiger partial charge in [-0.3, -0.25) is 29.0 Å². The lowest BCUT2D eigenvalue weighted by Crippen LogP contribution is -2.48. The second-order valence-electron chi connectivity index (χ2n) is 40.6. The first kappa shape index (κ1) is 110. The minimum Gasteiger partial charge on any atom is -0.449 e. The lowest BCUT2D eigenvalue weighted by atomic mass is 9.65. The number of aliphatic hydroxyl groups excluding tert-OH is 1. The number of carbonyl (C=O) groups excluding carboxylic acids is 7. The molecule has 22 nitrogen and oxygen atoms in total. The zero-order valence-corrected chi connectivity index (χ0v) is 80.6. The Balaban J connectivity index is 0.000000161. The second-order valence-corrected chi connectivity index (χ2v) is 40.6. The van der Waals surface area contributed by atoms with Gasteiger partial charge in [0.05, 0.1) is 0 Å². The van der Waals surface area contributed by atoms with Crippen LogP contribution >= 0.6 is 0 Å². The molecular formula is C108H124F14N8O14. The Labute approximate surface area is 826 Å². The molecule has 7 aromatic carbocycles. The summed E-state index contributed by atoms with van der Waals surface area (Å²) in [5.41, 5.74) is 5.37. The Hall–Kier alpha value is -11.6. The fourth-order valence-electron chi connectivity index (χ4n) is 21.1. The van der Waals surface area contributed by atoms with Gasteiger partial charge in [-0.1, -0.05) is 115 Å². The number of alkyl halides is 12. The predicted octanol–water partition coefficient (Wildman–Crippen LogP) is 20.3. The minimum absolute atomic E-state index is 0.0262. The highest BCUT2D eigenvalue weighted by Crippen LogP contribution is 2.53. The molecule has 0 spiro atoms. The number of primary amides is 3. The monoisotopic (exact) mass is 2020 g/mol. The van der Waals surface area contributed by atoms with E-state index in [4.69, 9.17) is 26.7 Å². The predicted molar refractivity (Wildman–Crippen MR) is 505 cm³/mol. The topological polar surface area (TPSA) is 343 Å². The summed E-state index contributed by atoms with van der Waals surface area (Å²) < 4.78 is 197. The average molecular weight is 2020 g/mol. The molecule has 1 aromatic heterocycles. The molecule has 11 N–H and O–H groups in total. The number of ether oxygens (including phenoxy) is 2. The van der Waals surface area contributed by atoms with E-state index in [0.29, 0.717) is 134 Å². The molecule has 8 aliphatic carbocycles. The maximum atomic E-state index is 14.8. The van der Waals surface area contributed by atoms with E-state index in [1.165, 1.54) is 78.9 Å².